The summed E-state index contributed by atoms with van der Waals surface area (Å²) >= 11 is 0. The molecule has 2 saturated heterocycles. The van der Waals surface area contributed by atoms with Crippen molar-refractivity contribution < 1.29 is 0 Å². The van der Waals surface area contributed by atoms with E-state index in [1.54, 1.807) is 0 Å². The predicted octanol–water partition coefficient (Wildman–Crippen LogP) is 3.28. The van der Waals surface area contributed by atoms with Crippen molar-refractivity contribution in [1.29, 1.82) is 0 Å². The van der Waals surface area contributed by atoms with E-state index in [2.05, 4.69) is 68.5 Å². The van der Waals surface area contributed by atoms with Gasteiger partial charge >= 0.3 is 0 Å². The van der Waals surface area contributed by atoms with Gasteiger partial charge in [-0.15, -0.1) is 0 Å². The fourth-order valence-electron chi connectivity index (χ4n) is 4.14. The van der Waals surface area contributed by atoms with Crippen molar-refractivity contribution in [2.24, 2.45) is 5.41 Å². The van der Waals surface area contributed by atoms with Gasteiger partial charge < -0.3 is 15.1 Å². The zero-order valence-corrected chi connectivity index (χ0v) is 18.8. The molecule has 2 heterocycles. The number of hydrogen-bond donors (Lipinski definition) is 1. The van der Waals surface area contributed by atoms with Gasteiger partial charge in [0.05, 0.1) is 0 Å². The fraction of sp³-hybridized carbons (Fsp3) is 1.00. The first-order chi connectivity index (χ1) is 12.0. The highest BCUT2D eigenvalue weighted by molar-refractivity contribution is 5.02. The molecular formula is C22H46N4. The molecule has 2 aliphatic heterocycles. The molecule has 0 saturated carbocycles. The van der Waals surface area contributed by atoms with Crippen molar-refractivity contribution in [3.63, 3.8) is 0 Å². The van der Waals surface area contributed by atoms with Crippen molar-refractivity contribution in [3.05, 3.63) is 0 Å². The molecule has 4 heteroatoms. The van der Waals surface area contributed by atoms with Gasteiger partial charge in [0, 0.05) is 50.3 Å². The molecule has 0 atom stereocenters. The monoisotopic (exact) mass is 366 g/mol. The lowest BCUT2D eigenvalue weighted by Gasteiger charge is -2.54. The summed E-state index contributed by atoms with van der Waals surface area (Å²) in [5.41, 5.74) is 1.13. The summed E-state index contributed by atoms with van der Waals surface area (Å²) in [4.78, 5) is 7.89. The van der Waals surface area contributed by atoms with Crippen molar-refractivity contribution in [2.45, 2.75) is 78.8 Å². The maximum atomic E-state index is 3.81. The Hall–Kier alpha value is -0.160. The Morgan fingerprint density at radius 2 is 1.31 bits per heavy atom. The van der Waals surface area contributed by atoms with Crippen LogP contribution in [-0.2, 0) is 0 Å². The third-order valence-corrected chi connectivity index (χ3v) is 6.10. The molecule has 2 fully saturated rings. The minimum absolute atomic E-state index is 0.313. The standard InChI is InChI=1S/C22H46N4/c1-20(2,3)10-8-12-24-14-16-25(17-15-24)13-9-11-23-22(7)18-26(19-22)21(4,5)6/h23H,8-19H2,1-7H3. The SMILES string of the molecule is CC(C)(C)CCCN1CCN(CCCNC2(C)CN(C(C)(C)C)C2)CC1. The highest BCUT2D eigenvalue weighted by Gasteiger charge is 2.42. The molecule has 0 unspecified atom stereocenters. The smallest absolute Gasteiger partial charge is 0.0409 e. The van der Waals surface area contributed by atoms with E-state index in [0.29, 0.717) is 16.5 Å². The number of rotatable bonds is 8. The molecule has 2 rings (SSSR count). The quantitative estimate of drug-likeness (QED) is 0.666. The largest absolute Gasteiger partial charge is 0.309 e. The minimum atomic E-state index is 0.313. The van der Waals surface area contributed by atoms with Crippen molar-refractivity contribution >= 4 is 0 Å². The van der Waals surface area contributed by atoms with Gasteiger partial charge in [0.25, 0.3) is 0 Å². The van der Waals surface area contributed by atoms with E-state index in [1.165, 1.54) is 71.6 Å². The van der Waals surface area contributed by atoms with Gasteiger partial charge in [-0.3, -0.25) is 4.90 Å². The molecule has 4 nitrogen and oxygen atoms in total. The summed E-state index contributed by atoms with van der Waals surface area (Å²) in [6.07, 6.45) is 3.96. The zero-order chi connectivity index (χ0) is 19.4. The summed E-state index contributed by atoms with van der Waals surface area (Å²) in [6, 6.07) is 0. The molecule has 0 aromatic rings. The molecule has 154 valence electrons. The lowest BCUT2D eigenvalue weighted by Crippen LogP contribution is -2.71. The third-order valence-electron chi connectivity index (χ3n) is 6.10. The molecule has 2 aliphatic rings. The number of likely N-dealkylation sites (tertiary alicyclic amines) is 1. The summed E-state index contributed by atoms with van der Waals surface area (Å²) in [6.45, 7) is 27.5. The van der Waals surface area contributed by atoms with Crippen LogP contribution < -0.4 is 5.32 Å². The molecule has 1 N–H and O–H groups in total. The number of nitrogens with zero attached hydrogens (tertiary/aromatic N) is 3. The first-order valence-corrected chi connectivity index (χ1v) is 10.9. The van der Waals surface area contributed by atoms with Crippen molar-refractivity contribution in [2.75, 3.05) is 58.9 Å². The lowest BCUT2D eigenvalue weighted by atomic mass is 9.87. The number of nitrogens with one attached hydrogen (secondary N) is 1. The first kappa shape index (κ1) is 22.1. The second kappa shape index (κ2) is 8.89. The Balaban J connectivity index is 1.50. The Morgan fingerprint density at radius 1 is 0.808 bits per heavy atom. The van der Waals surface area contributed by atoms with E-state index < -0.39 is 0 Å². The molecule has 0 aliphatic carbocycles. The normalized spacial score (nSPS) is 23.2. The molecular weight excluding hydrogens is 320 g/mol. The van der Waals surface area contributed by atoms with Gasteiger partial charge in [-0.25, -0.2) is 0 Å². The van der Waals surface area contributed by atoms with E-state index in [4.69, 9.17) is 0 Å². The Bertz CT molecular complexity index is 407. The Morgan fingerprint density at radius 3 is 1.77 bits per heavy atom. The van der Waals surface area contributed by atoms with Crippen molar-refractivity contribution in [3.8, 4) is 0 Å². The molecule has 0 radical (unpaired) electrons. The average molecular weight is 367 g/mol. The first-order valence-electron chi connectivity index (χ1n) is 10.9. The van der Waals surface area contributed by atoms with Crippen LogP contribution in [0.4, 0.5) is 0 Å². The van der Waals surface area contributed by atoms with Crippen LogP contribution in [0.1, 0.15) is 67.7 Å². The van der Waals surface area contributed by atoms with Gasteiger partial charge in [-0.05, 0) is 72.0 Å². The highest BCUT2D eigenvalue weighted by atomic mass is 15.3. The van der Waals surface area contributed by atoms with Gasteiger partial charge in [-0.2, -0.15) is 0 Å². The maximum Gasteiger partial charge on any atom is 0.0409 e. The Labute approximate surface area is 163 Å². The second-order valence-corrected chi connectivity index (χ2v) is 11.2. The van der Waals surface area contributed by atoms with E-state index >= 15 is 0 Å². The lowest BCUT2D eigenvalue weighted by molar-refractivity contribution is -0.0162. The van der Waals surface area contributed by atoms with E-state index in [9.17, 15) is 0 Å². The third kappa shape index (κ3) is 7.46. The van der Waals surface area contributed by atoms with E-state index in [-0.39, 0.29) is 0 Å². The molecule has 0 aromatic heterocycles. The maximum absolute atomic E-state index is 3.81. The van der Waals surface area contributed by atoms with Crippen LogP contribution in [0, 0.1) is 5.41 Å². The fourth-order valence-corrected chi connectivity index (χ4v) is 4.14. The van der Waals surface area contributed by atoms with E-state index in [0.717, 1.165) is 6.54 Å². The zero-order valence-electron chi connectivity index (χ0n) is 18.8. The Kier molecular flexibility index (Phi) is 7.57. The minimum Gasteiger partial charge on any atom is -0.309 e. The highest BCUT2D eigenvalue weighted by Crippen LogP contribution is 2.28. The van der Waals surface area contributed by atoms with E-state index in [1.807, 2.05) is 0 Å². The van der Waals surface area contributed by atoms with Crippen molar-refractivity contribution in [1.82, 2.24) is 20.0 Å². The van der Waals surface area contributed by atoms with Crippen LogP contribution in [0.3, 0.4) is 0 Å². The van der Waals surface area contributed by atoms with Gasteiger partial charge in [0.15, 0.2) is 0 Å². The topological polar surface area (TPSA) is 21.8 Å². The van der Waals surface area contributed by atoms with Gasteiger partial charge in [-0.1, -0.05) is 20.8 Å². The summed E-state index contributed by atoms with van der Waals surface area (Å²) in [5.74, 6) is 0. The van der Waals surface area contributed by atoms with Crippen LogP contribution in [0.2, 0.25) is 0 Å². The molecule has 0 aromatic carbocycles. The van der Waals surface area contributed by atoms with Gasteiger partial charge in [0.2, 0.25) is 0 Å². The average Bonchev–Trinajstić information content (AvgIpc) is 2.48. The van der Waals surface area contributed by atoms with Crippen LogP contribution >= 0.6 is 0 Å². The van der Waals surface area contributed by atoms with Crippen LogP contribution in [0.5, 0.6) is 0 Å². The molecule has 0 spiro atoms. The van der Waals surface area contributed by atoms with Crippen LogP contribution in [0.15, 0.2) is 0 Å². The molecule has 0 amide bonds. The number of piperazine rings is 1. The van der Waals surface area contributed by atoms with Crippen LogP contribution in [-0.4, -0.2) is 84.7 Å². The molecule has 0 bridgehead atoms. The van der Waals surface area contributed by atoms with Crippen LogP contribution in [0.25, 0.3) is 0 Å². The second-order valence-electron chi connectivity index (χ2n) is 11.2. The predicted molar refractivity (Wildman–Crippen MR) is 114 cm³/mol. The molecule has 26 heavy (non-hydrogen) atoms. The summed E-state index contributed by atoms with van der Waals surface area (Å²) < 4.78 is 0. The summed E-state index contributed by atoms with van der Waals surface area (Å²) in [7, 11) is 0. The number of hydrogen-bond acceptors (Lipinski definition) is 4. The van der Waals surface area contributed by atoms with Gasteiger partial charge in [0.1, 0.15) is 0 Å². The summed E-state index contributed by atoms with van der Waals surface area (Å²) in [5, 5.41) is 3.81.